The van der Waals surface area contributed by atoms with Gasteiger partial charge in [0, 0.05) is 11.1 Å². The maximum atomic E-state index is 13.3. The number of nitrogens with zero attached hydrogens (tertiary/aromatic N) is 3. The molecule has 26 heavy (non-hydrogen) atoms. The van der Waals surface area contributed by atoms with Crippen LogP contribution in [0.3, 0.4) is 0 Å². The first-order valence-electron chi connectivity index (χ1n) is 7.67. The first kappa shape index (κ1) is 15.9. The summed E-state index contributed by atoms with van der Waals surface area (Å²) in [5, 5.41) is 13.6. The molecular weight excluding hydrogens is 340 g/mol. The summed E-state index contributed by atoms with van der Waals surface area (Å²) < 4.78 is 27.8. The molecule has 0 unspecified atom stereocenters. The molecule has 5 nitrogen and oxygen atoms in total. The summed E-state index contributed by atoms with van der Waals surface area (Å²) in [6.07, 6.45) is 1.30. The molecular formula is C19H11F2N3O2. The number of aromatic nitrogens is 3. The Morgan fingerprint density at radius 3 is 2.08 bits per heavy atom. The van der Waals surface area contributed by atoms with Gasteiger partial charge in [-0.1, -0.05) is 12.1 Å². The van der Waals surface area contributed by atoms with Gasteiger partial charge in [0.15, 0.2) is 11.3 Å². The summed E-state index contributed by atoms with van der Waals surface area (Å²) in [5.41, 5.74) is 2.59. The standard InChI is InChI=1S/C19H11F2N3O2/c20-13-5-1-11(2-6-13)15-9-16(12-3-7-14(21)8-4-12)23-24-10-17(19(25)26)22-18(15)24/h1-10H,(H,25,26). The highest BCUT2D eigenvalue weighted by Crippen LogP contribution is 2.29. The van der Waals surface area contributed by atoms with Gasteiger partial charge in [0.25, 0.3) is 0 Å². The Bertz CT molecular complexity index is 1120. The molecule has 2 heterocycles. The van der Waals surface area contributed by atoms with E-state index in [-0.39, 0.29) is 17.3 Å². The van der Waals surface area contributed by atoms with E-state index < -0.39 is 5.97 Å². The van der Waals surface area contributed by atoms with E-state index in [1.807, 2.05) is 0 Å². The molecule has 0 fully saturated rings. The summed E-state index contributed by atoms with van der Waals surface area (Å²) in [7, 11) is 0. The van der Waals surface area contributed by atoms with E-state index in [9.17, 15) is 18.7 Å². The van der Waals surface area contributed by atoms with Gasteiger partial charge in [-0.15, -0.1) is 0 Å². The quantitative estimate of drug-likeness (QED) is 0.605. The first-order chi connectivity index (χ1) is 12.5. The van der Waals surface area contributed by atoms with Crippen LogP contribution in [-0.2, 0) is 0 Å². The molecule has 0 saturated heterocycles. The maximum Gasteiger partial charge on any atom is 0.356 e. The van der Waals surface area contributed by atoms with Gasteiger partial charge < -0.3 is 5.11 Å². The van der Waals surface area contributed by atoms with Gasteiger partial charge in [0.2, 0.25) is 0 Å². The Labute approximate surface area is 146 Å². The molecule has 0 amide bonds. The van der Waals surface area contributed by atoms with Crippen molar-refractivity contribution in [3.63, 3.8) is 0 Å². The van der Waals surface area contributed by atoms with Gasteiger partial charge >= 0.3 is 5.97 Å². The maximum absolute atomic E-state index is 13.3. The second kappa shape index (κ2) is 6.03. The fourth-order valence-corrected chi connectivity index (χ4v) is 2.68. The molecule has 0 aliphatic carbocycles. The average Bonchev–Trinajstić information content (AvgIpc) is 3.07. The third kappa shape index (κ3) is 2.79. The fourth-order valence-electron chi connectivity index (χ4n) is 2.68. The lowest BCUT2D eigenvalue weighted by molar-refractivity contribution is 0.0691. The zero-order chi connectivity index (χ0) is 18.3. The minimum absolute atomic E-state index is 0.155. The van der Waals surface area contributed by atoms with Crippen LogP contribution in [0.5, 0.6) is 0 Å². The highest BCUT2D eigenvalue weighted by Gasteiger charge is 2.16. The third-order valence-corrected chi connectivity index (χ3v) is 3.94. The number of hydrogen-bond donors (Lipinski definition) is 1. The highest BCUT2D eigenvalue weighted by molar-refractivity contribution is 5.88. The van der Waals surface area contributed by atoms with Crippen molar-refractivity contribution in [2.45, 2.75) is 0 Å². The predicted octanol–water partition coefficient (Wildman–Crippen LogP) is 4.04. The summed E-state index contributed by atoms with van der Waals surface area (Å²) >= 11 is 0. The predicted molar refractivity (Wildman–Crippen MR) is 90.7 cm³/mol. The van der Waals surface area contributed by atoms with Crippen molar-refractivity contribution in [3.05, 3.63) is 78.1 Å². The van der Waals surface area contributed by atoms with Crippen LogP contribution >= 0.6 is 0 Å². The Kier molecular flexibility index (Phi) is 3.69. The summed E-state index contributed by atoms with van der Waals surface area (Å²) in [6.45, 7) is 0. The molecule has 0 aliphatic rings. The first-order valence-corrected chi connectivity index (χ1v) is 7.67. The lowest BCUT2D eigenvalue weighted by Gasteiger charge is -2.08. The van der Waals surface area contributed by atoms with E-state index in [1.54, 1.807) is 30.3 Å². The van der Waals surface area contributed by atoms with Crippen LogP contribution in [0.4, 0.5) is 8.78 Å². The van der Waals surface area contributed by atoms with Crippen molar-refractivity contribution in [3.8, 4) is 22.4 Å². The number of hydrogen-bond acceptors (Lipinski definition) is 3. The van der Waals surface area contributed by atoms with Crippen LogP contribution in [0.15, 0.2) is 60.8 Å². The molecule has 4 aromatic rings. The molecule has 0 spiro atoms. The molecule has 2 aromatic carbocycles. The minimum atomic E-state index is -1.18. The number of carbonyl (C=O) groups is 1. The summed E-state index contributed by atoms with van der Waals surface area (Å²) in [4.78, 5) is 15.4. The lowest BCUT2D eigenvalue weighted by Crippen LogP contribution is -1.97. The Morgan fingerprint density at radius 2 is 1.50 bits per heavy atom. The topological polar surface area (TPSA) is 67.5 Å². The smallest absolute Gasteiger partial charge is 0.356 e. The normalized spacial score (nSPS) is 11.0. The van der Waals surface area contributed by atoms with Crippen LogP contribution in [0.1, 0.15) is 10.5 Å². The van der Waals surface area contributed by atoms with Crippen molar-refractivity contribution in [2.75, 3.05) is 0 Å². The zero-order valence-electron chi connectivity index (χ0n) is 13.2. The number of benzene rings is 2. The number of fused-ring (bicyclic) bond motifs is 1. The van der Waals surface area contributed by atoms with E-state index >= 15 is 0 Å². The van der Waals surface area contributed by atoms with E-state index in [0.717, 1.165) is 0 Å². The van der Waals surface area contributed by atoms with Crippen LogP contribution < -0.4 is 0 Å². The van der Waals surface area contributed by atoms with Gasteiger partial charge in [-0.25, -0.2) is 23.1 Å². The number of rotatable bonds is 3. The van der Waals surface area contributed by atoms with Crippen LogP contribution in [0, 0.1) is 11.6 Å². The average molecular weight is 351 g/mol. The van der Waals surface area contributed by atoms with E-state index in [1.165, 1.54) is 35.0 Å². The third-order valence-electron chi connectivity index (χ3n) is 3.94. The molecule has 2 aromatic heterocycles. The van der Waals surface area contributed by atoms with Gasteiger partial charge in [-0.3, -0.25) is 0 Å². The lowest BCUT2D eigenvalue weighted by atomic mass is 10.0. The molecule has 0 saturated carbocycles. The van der Waals surface area contributed by atoms with Crippen LogP contribution in [0.25, 0.3) is 28.0 Å². The zero-order valence-corrected chi connectivity index (χ0v) is 13.2. The van der Waals surface area contributed by atoms with E-state index in [4.69, 9.17) is 0 Å². The molecule has 0 radical (unpaired) electrons. The molecule has 4 rings (SSSR count). The van der Waals surface area contributed by atoms with Crippen molar-refractivity contribution in [2.24, 2.45) is 0 Å². The highest BCUT2D eigenvalue weighted by atomic mass is 19.1. The van der Waals surface area contributed by atoms with Crippen molar-refractivity contribution in [1.82, 2.24) is 14.6 Å². The van der Waals surface area contributed by atoms with Gasteiger partial charge in [-0.05, 0) is 48.0 Å². The number of aromatic carboxylic acids is 1. The Hall–Kier alpha value is -3.61. The minimum Gasteiger partial charge on any atom is -0.476 e. The molecule has 0 bridgehead atoms. The van der Waals surface area contributed by atoms with Crippen molar-refractivity contribution in [1.29, 1.82) is 0 Å². The number of imidazole rings is 1. The number of halogens is 2. The van der Waals surface area contributed by atoms with Gasteiger partial charge in [0.1, 0.15) is 11.6 Å². The SMILES string of the molecule is O=C(O)c1cn2nc(-c3ccc(F)cc3)cc(-c3ccc(F)cc3)c2n1. The largest absolute Gasteiger partial charge is 0.476 e. The van der Waals surface area contributed by atoms with E-state index in [0.29, 0.717) is 28.0 Å². The molecule has 0 atom stereocenters. The number of carboxylic acid groups (broad SMARTS) is 1. The fraction of sp³-hybridized carbons (Fsp3) is 0. The Balaban J connectivity index is 1.98. The second-order valence-corrected chi connectivity index (χ2v) is 5.66. The van der Waals surface area contributed by atoms with Crippen molar-refractivity contribution >= 4 is 11.6 Å². The van der Waals surface area contributed by atoms with Crippen LogP contribution in [-0.4, -0.2) is 25.7 Å². The van der Waals surface area contributed by atoms with E-state index in [2.05, 4.69) is 10.1 Å². The van der Waals surface area contributed by atoms with Gasteiger partial charge in [-0.2, -0.15) is 5.10 Å². The Morgan fingerprint density at radius 1 is 0.923 bits per heavy atom. The summed E-state index contributed by atoms with van der Waals surface area (Å²) in [5.74, 6) is -1.93. The molecule has 128 valence electrons. The monoisotopic (exact) mass is 351 g/mol. The molecule has 1 N–H and O–H groups in total. The molecule has 0 aliphatic heterocycles. The summed E-state index contributed by atoms with van der Waals surface area (Å²) in [6, 6.07) is 13.3. The van der Waals surface area contributed by atoms with Crippen LogP contribution in [0.2, 0.25) is 0 Å². The number of carboxylic acids is 1. The second-order valence-electron chi connectivity index (χ2n) is 5.66. The molecule has 7 heteroatoms. The van der Waals surface area contributed by atoms with Gasteiger partial charge in [0.05, 0.1) is 11.9 Å². The van der Waals surface area contributed by atoms with Crippen molar-refractivity contribution < 1.29 is 18.7 Å².